The van der Waals surface area contributed by atoms with Crippen molar-refractivity contribution in [2.24, 2.45) is 5.73 Å². The molecule has 0 aliphatic carbocycles. The van der Waals surface area contributed by atoms with E-state index in [0.29, 0.717) is 6.54 Å². The SMILES string of the molecule is NC(CCCCNC(=O)O)c1cccc(Oc2ccccc2)c1. The van der Waals surface area contributed by atoms with Crippen LogP contribution in [-0.4, -0.2) is 17.7 Å². The number of amides is 1. The smallest absolute Gasteiger partial charge is 0.404 e. The molecule has 1 atom stereocenters. The fourth-order valence-corrected chi connectivity index (χ4v) is 2.28. The third kappa shape index (κ3) is 6.00. The van der Waals surface area contributed by atoms with Gasteiger partial charge in [0.15, 0.2) is 0 Å². The Bertz CT molecular complexity index is 617. The minimum atomic E-state index is -0.986. The Morgan fingerprint density at radius 2 is 1.83 bits per heavy atom. The highest BCUT2D eigenvalue weighted by atomic mass is 16.5. The van der Waals surface area contributed by atoms with Gasteiger partial charge in [0.05, 0.1) is 0 Å². The Morgan fingerprint density at radius 3 is 2.57 bits per heavy atom. The predicted molar refractivity (Wildman–Crippen MR) is 89.8 cm³/mol. The third-order valence-corrected chi connectivity index (χ3v) is 3.48. The first-order valence-electron chi connectivity index (χ1n) is 7.70. The second kappa shape index (κ2) is 8.80. The second-order valence-corrected chi connectivity index (χ2v) is 5.32. The zero-order chi connectivity index (χ0) is 16.5. The number of ether oxygens (including phenoxy) is 1. The van der Waals surface area contributed by atoms with Crippen molar-refractivity contribution < 1.29 is 14.6 Å². The number of para-hydroxylation sites is 1. The Hall–Kier alpha value is -2.53. The van der Waals surface area contributed by atoms with Crippen molar-refractivity contribution in [2.75, 3.05) is 6.54 Å². The first-order valence-corrected chi connectivity index (χ1v) is 7.70. The zero-order valence-corrected chi connectivity index (χ0v) is 12.9. The standard InChI is InChI=1S/C18H22N2O3/c19-17(11-4-5-12-20-18(21)22)14-7-6-10-16(13-14)23-15-8-2-1-3-9-15/h1-3,6-10,13,17,20H,4-5,11-12,19H2,(H,21,22). The van der Waals surface area contributed by atoms with Crippen LogP contribution in [0.15, 0.2) is 54.6 Å². The molecule has 4 N–H and O–H groups in total. The Balaban J connectivity index is 1.85. The number of nitrogens with two attached hydrogens (primary N) is 1. The van der Waals surface area contributed by atoms with Gasteiger partial charge in [0.1, 0.15) is 11.5 Å². The molecule has 2 aromatic carbocycles. The number of hydrogen-bond acceptors (Lipinski definition) is 3. The van der Waals surface area contributed by atoms with E-state index in [9.17, 15) is 4.79 Å². The van der Waals surface area contributed by atoms with Gasteiger partial charge >= 0.3 is 6.09 Å². The van der Waals surface area contributed by atoms with E-state index in [0.717, 1.165) is 36.3 Å². The Morgan fingerprint density at radius 1 is 1.09 bits per heavy atom. The number of unbranched alkanes of at least 4 members (excludes halogenated alkanes) is 1. The largest absolute Gasteiger partial charge is 0.465 e. The fraction of sp³-hybridized carbons (Fsp3) is 0.278. The number of carboxylic acid groups (broad SMARTS) is 1. The van der Waals surface area contributed by atoms with Crippen molar-refractivity contribution in [3.8, 4) is 11.5 Å². The zero-order valence-electron chi connectivity index (χ0n) is 12.9. The monoisotopic (exact) mass is 314 g/mol. The highest BCUT2D eigenvalue weighted by Crippen LogP contribution is 2.25. The Labute approximate surface area is 136 Å². The maximum Gasteiger partial charge on any atom is 0.404 e. The summed E-state index contributed by atoms with van der Waals surface area (Å²) in [6.07, 6.45) is 1.46. The van der Waals surface area contributed by atoms with E-state index in [2.05, 4.69) is 5.32 Å². The van der Waals surface area contributed by atoms with Crippen LogP contribution in [0.4, 0.5) is 4.79 Å². The summed E-state index contributed by atoms with van der Waals surface area (Å²) >= 11 is 0. The van der Waals surface area contributed by atoms with Gasteiger partial charge in [-0.05, 0) is 49.1 Å². The first-order chi connectivity index (χ1) is 11.1. The minimum absolute atomic E-state index is 0.0841. The van der Waals surface area contributed by atoms with Crippen LogP contribution in [0, 0.1) is 0 Å². The van der Waals surface area contributed by atoms with Crippen molar-refractivity contribution in [3.63, 3.8) is 0 Å². The van der Waals surface area contributed by atoms with Crippen LogP contribution in [0.5, 0.6) is 11.5 Å². The summed E-state index contributed by atoms with van der Waals surface area (Å²) in [4.78, 5) is 10.4. The third-order valence-electron chi connectivity index (χ3n) is 3.48. The summed E-state index contributed by atoms with van der Waals surface area (Å²) < 4.78 is 5.81. The molecule has 5 heteroatoms. The molecule has 0 aliphatic heterocycles. The van der Waals surface area contributed by atoms with E-state index in [1.807, 2.05) is 54.6 Å². The van der Waals surface area contributed by atoms with E-state index in [1.54, 1.807) is 0 Å². The maximum atomic E-state index is 10.4. The predicted octanol–water partition coefficient (Wildman–Crippen LogP) is 3.92. The Kier molecular flexibility index (Phi) is 6.44. The highest BCUT2D eigenvalue weighted by Gasteiger charge is 2.07. The minimum Gasteiger partial charge on any atom is -0.465 e. The number of hydrogen-bond donors (Lipinski definition) is 3. The van der Waals surface area contributed by atoms with Gasteiger partial charge < -0.3 is 20.9 Å². The van der Waals surface area contributed by atoms with Crippen LogP contribution < -0.4 is 15.8 Å². The normalized spacial score (nSPS) is 11.7. The number of benzene rings is 2. The van der Waals surface area contributed by atoms with Gasteiger partial charge in [-0.25, -0.2) is 4.79 Å². The summed E-state index contributed by atoms with van der Waals surface area (Å²) in [5.74, 6) is 1.55. The molecule has 0 aromatic heterocycles. The van der Waals surface area contributed by atoms with Gasteiger partial charge in [0.25, 0.3) is 0 Å². The molecule has 122 valence electrons. The summed E-state index contributed by atoms with van der Waals surface area (Å²) in [5.41, 5.74) is 7.23. The number of rotatable bonds is 8. The molecule has 0 saturated carbocycles. The number of carbonyl (C=O) groups is 1. The van der Waals surface area contributed by atoms with Crippen molar-refractivity contribution in [1.29, 1.82) is 0 Å². The molecule has 23 heavy (non-hydrogen) atoms. The van der Waals surface area contributed by atoms with E-state index >= 15 is 0 Å². The van der Waals surface area contributed by atoms with Crippen LogP contribution in [0.1, 0.15) is 30.9 Å². The van der Waals surface area contributed by atoms with Crippen LogP contribution in [0.25, 0.3) is 0 Å². The van der Waals surface area contributed by atoms with Crippen LogP contribution >= 0.6 is 0 Å². The second-order valence-electron chi connectivity index (χ2n) is 5.32. The van der Waals surface area contributed by atoms with Crippen LogP contribution in [0.2, 0.25) is 0 Å². The van der Waals surface area contributed by atoms with Crippen molar-refractivity contribution in [1.82, 2.24) is 5.32 Å². The summed E-state index contributed by atoms with van der Waals surface area (Å²) in [7, 11) is 0. The molecular weight excluding hydrogens is 292 g/mol. The molecule has 2 rings (SSSR count). The topological polar surface area (TPSA) is 84.6 Å². The molecule has 5 nitrogen and oxygen atoms in total. The van der Waals surface area contributed by atoms with Crippen molar-refractivity contribution in [3.05, 3.63) is 60.2 Å². The lowest BCUT2D eigenvalue weighted by Gasteiger charge is -2.14. The summed E-state index contributed by atoms with van der Waals surface area (Å²) in [5, 5.41) is 10.9. The average Bonchev–Trinajstić information content (AvgIpc) is 2.55. The van der Waals surface area contributed by atoms with Crippen LogP contribution in [-0.2, 0) is 0 Å². The first kappa shape index (κ1) is 16.8. The highest BCUT2D eigenvalue weighted by molar-refractivity contribution is 5.64. The van der Waals surface area contributed by atoms with Crippen LogP contribution in [0.3, 0.4) is 0 Å². The number of nitrogens with one attached hydrogen (secondary N) is 1. The van der Waals surface area contributed by atoms with Gasteiger partial charge in [-0.3, -0.25) is 0 Å². The molecule has 0 spiro atoms. The van der Waals surface area contributed by atoms with Crippen molar-refractivity contribution in [2.45, 2.75) is 25.3 Å². The van der Waals surface area contributed by atoms with E-state index in [1.165, 1.54) is 0 Å². The van der Waals surface area contributed by atoms with Gasteiger partial charge in [-0.1, -0.05) is 30.3 Å². The quantitative estimate of drug-likeness (QED) is 0.645. The van der Waals surface area contributed by atoms with E-state index < -0.39 is 6.09 Å². The van der Waals surface area contributed by atoms with E-state index in [-0.39, 0.29) is 6.04 Å². The molecular formula is C18H22N2O3. The molecule has 0 bridgehead atoms. The van der Waals surface area contributed by atoms with E-state index in [4.69, 9.17) is 15.6 Å². The molecule has 0 saturated heterocycles. The molecule has 0 heterocycles. The lowest BCUT2D eigenvalue weighted by Crippen LogP contribution is -2.22. The molecule has 0 radical (unpaired) electrons. The van der Waals surface area contributed by atoms with Gasteiger partial charge in [0, 0.05) is 12.6 Å². The maximum absolute atomic E-state index is 10.4. The van der Waals surface area contributed by atoms with Crippen molar-refractivity contribution >= 4 is 6.09 Å². The molecule has 2 aromatic rings. The van der Waals surface area contributed by atoms with Gasteiger partial charge in [0.2, 0.25) is 0 Å². The molecule has 0 fully saturated rings. The molecule has 0 aliphatic rings. The summed E-state index contributed by atoms with van der Waals surface area (Å²) in [6.45, 7) is 0.458. The lowest BCUT2D eigenvalue weighted by atomic mass is 10.0. The lowest BCUT2D eigenvalue weighted by molar-refractivity contribution is 0.194. The fourth-order valence-electron chi connectivity index (χ4n) is 2.28. The summed E-state index contributed by atoms with van der Waals surface area (Å²) in [6, 6.07) is 17.3. The average molecular weight is 314 g/mol. The van der Waals surface area contributed by atoms with Gasteiger partial charge in [-0.2, -0.15) is 0 Å². The molecule has 1 unspecified atom stereocenters. The van der Waals surface area contributed by atoms with Gasteiger partial charge in [-0.15, -0.1) is 0 Å². The molecule has 1 amide bonds.